The predicted octanol–water partition coefficient (Wildman–Crippen LogP) is 2.81. The number of rotatable bonds is 3. The van der Waals surface area contributed by atoms with Gasteiger partial charge in [0.05, 0.1) is 5.69 Å². The van der Waals surface area contributed by atoms with Crippen LogP contribution in [0.1, 0.15) is 50.6 Å². The fourth-order valence-electron chi connectivity index (χ4n) is 4.68. The van der Waals surface area contributed by atoms with E-state index in [1.807, 2.05) is 18.7 Å². The highest BCUT2D eigenvalue weighted by Gasteiger charge is 2.33. The van der Waals surface area contributed by atoms with Crippen molar-refractivity contribution in [1.29, 1.82) is 0 Å². The molecule has 2 fully saturated rings. The molecular weight excluding hydrogens is 384 g/mol. The zero-order chi connectivity index (χ0) is 20.5. The highest BCUT2D eigenvalue weighted by atomic mass is 32.1. The Balaban J connectivity index is 1.35. The number of piperazine rings is 1. The van der Waals surface area contributed by atoms with Crippen molar-refractivity contribution in [2.45, 2.75) is 52.9 Å². The Morgan fingerprint density at radius 1 is 1.00 bits per heavy atom. The standard InChI is InChI=1S/C22H34N4O2S/c1-15(2)20(27)25-10-12-26(13-11-25)22-23-18-5-4-17(14-19(18)29-22)21(28)24-8-6-16(3)7-9-24/h15-17H,4-14H2,1-3H3. The molecule has 2 amide bonds. The van der Waals surface area contributed by atoms with Crippen molar-refractivity contribution in [1.82, 2.24) is 14.8 Å². The maximum absolute atomic E-state index is 13.0. The van der Waals surface area contributed by atoms with Crippen LogP contribution in [0.5, 0.6) is 0 Å². The normalized spacial score (nSPS) is 23.4. The molecule has 1 atom stereocenters. The van der Waals surface area contributed by atoms with E-state index in [0.717, 1.165) is 82.4 Å². The fourth-order valence-corrected chi connectivity index (χ4v) is 5.92. The molecule has 29 heavy (non-hydrogen) atoms. The van der Waals surface area contributed by atoms with E-state index >= 15 is 0 Å². The summed E-state index contributed by atoms with van der Waals surface area (Å²) in [5.41, 5.74) is 1.20. The lowest BCUT2D eigenvalue weighted by molar-refractivity contribution is -0.137. The highest BCUT2D eigenvalue weighted by molar-refractivity contribution is 7.15. The molecule has 6 nitrogen and oxygen atoms in total. The molecule has 2 aliphatic heterocycles. The lowest BCUT2D eigenvalue weighted by Gasteiger charge is -2.35. The van der Waals surface area contributed by atoms with E-state index in [1.165, 1.54) is 10.6 Å². The molecular formula is C22H34N4O2S. The summed E-state index contributed by atoms with van der Waals surface area (Å²) in [5.74, 6) is 1.54. The van der Waals surface area contributed by atoms with Crippen LogP contribution in [0.15, 0.2) is 0 Å². The first-order valence-corrected chi connectivity index (χ1v) is 12.0. The Morgan fingerprint density at radius 3 is 2.34 bits per heavy atom. The molecule has 7 heteroatoms. The number of amides is 2. The minimum absolute atomic E-state index is 0.0614. The number of piperidine rings is 1. The zero-order valence-electron chi connectivity index (χ0n) is 18.0. The summed E-state index contributed by atoms with van der Waals surface area (Å²) in [4.78, 5) is 37.8. The van der Waals surface area contributed by atoms with Crippen LogP contribution in [0.2, 0.25) is 0 Å². The number of likely N-dealkylation sites (tertiary alicyclic amines) is 1. The van der Waals surface area contributed by atoms with E-state index in [9.17, 15) is 9.59 Å². The van der Waals surface area contributed by atoms with Crippen molar-refractivity contribution in [2.75, 3.05) is 44.2 Å². The second kappa shape index (κ2) is 8.62. The first kappa shape index (κ1) is 20.6. The SMILES string of the molecule is CC1CCN(C(=O)C2CCc3nc(N4CCN(C(=O)C(C)C)CC4)sc3C2)CC1. The molecule has 0 aromatic carbocycles. The minimum Gasteiger partial charge on any atom is -0.345 e. The predicted molar refractivity (Wildman–Crippen MR) is 116 cm³/mol. The first-order valence-electron chi connectivity index (χ1n) is 11.2. The summed E-state index contributed by atoms with van der Waals surface area (Å²) < 4.78 is 0. The molecule has 1 aromatic heterocycles. The third kappa shape index (κ3) is 4.44. The lowest BCUT2D eigenvalue weighted by Crippen LogP contribution is -2.49. The third-order valence-electron chi connectivity index (χ3n) is 6.73. The maximum atomic E-state index is 13.0. The Labute approximate surface area is 178 Å². The van der Waals surface area contributed by atoms with E-state index in [1.54, 1.807) is 11.3 Å². The molecule has 1 aliphatic carbocycles. The zero-order valence-corrected chi connectivity index (χ0v) is 18.8. The van der Waals surface area contributed by atoms with Gasteiger partial charge in [0.25, 0.3) is 0 Å². The Kier molecular flexibility index (Phi) is 6.13. The largest absolute Gasteiger partial charge is 0.345 e. The van der Waals surface area contributed by atoms with Crippen molar-refractivity contribution < 1.29 is 9.59 Å². The Morgan fingerprint density at radius 2 is 1.69 bits per heavy atom. The van der Waals surface area contributed by atoms with Crippen molar-refractivity contribution in [3.8, 4) is 0 Å². The molecule has 0 radical (unpaired) electrons. The van der Waals surface area contributed by atoms with Gasteiger partial charge in [-0.15, -0.1) is 11.3 Å². The van der Waals surface area contributed by atoms with Gasteiger partial charge < -0.3 is 14.7 Å². The molecule has 3 aliphatic rings. The second-order valence-corrected chi connectivity index (χ2v) is 10.3. The molecule has 0 saturated carbocycles. The number of nitrogens with zero attached hydrogens (tertiary/aromatic N) is 4. The average Bonchev–Trinajstić information content (AvgIpc) is 3.16. The average molecular weight is 419 g/mol. The van der Waals surface area contributed by atoms with Crippen LogP contribution in [0.25, 0.3) is 0 Å². The van der Waals surface area contributed by atoms with Crippen molar-refractivity contribution in [2.24, 2.45) is 17.8 Å². The molecule has 4 rings (SSSR count). The van der Waals surface area contributed by atoms with E-state index in [4.69, 9.17) is 4.98 Å². The summed E-state index contributed by atoms with van der Waals surface area (Å²) in [5, 5.41) is 1.08. The van der Waals surface area contributed by atoms with Crippen LogP contribution in [-0.4, -0.2) is 65.9 Å². The van der Waals surface area contributed by atoms with Crippen molar-refractivity contribution >= 4 is 28.3 Å². The quantitative estimate of drug-likeness (QED) is 0.757. The highest BCUT2D eigenvalue weighted by Crippen LogP contribution is 2.35. The van der Waals surface area contributed by atoms with Gasteiger partial charge in [0.1, 0.15) is 0 Å². The smallest absolute Gasteiger partial charge is 0.226 e. The van der Waals surface area contributed by atoms with Gasteiger partial charge in [-0.25, -0.2) is 4.98 Å². The third-order valence-corrected chi connectivity index (χ3v) is 7.91. The van der Waals surface area contributed by atoms with Gasteiger partial charge >= 0.3 is 0 Å². The Hall–Kier alpha value is -1.63. The number of hydrogen-bond acceptors (Lipinski definition) is 5. The monoisotopic (exact) mass is 418 g/mol. The van der Waals surface area contributed by atoms with E-state index in [-0.39, 0.29) is 17.7 Å². The molecule has 1 aromatic rings. The van der Waals surface area contributed by atoms with Gasteiger partial charge in [0.2, 0.25) is 11.8 Å². The van der Waals surface area contributed by atoms with Gasteiger partial charge in [-0.3, -0.25) is 9.59 Å². The summed E-state index contributed by atoms with van der Waals surface area (Å²) in [6.45, 7) is 11.3. The number of fused-ring (bicyclic) bond motifs is 1. The van der Waals surface area contributed by atoms with E-state index in [0.29, 0.717) is 5.91 Å². The van der Waals surface area contributed by atoms with Gasteiger partial charge in [-0.1, -0.05) is 20.8 Å². The Bertz CT molecular complexity index is 746. The molecule has 0 N–H and O–H groups in total. The number of carbonyl (C=O) groups is 2. The molecule has 0 bridgehead atoms. The van der Waals surface area contributed by atoms with Crippen molar-refractivity contribution in [3.63, 3.8) is 0 Å². The number of aryl methyl sites for hydroxylation is 1. The molecule has 0 spiro atoms. The lowest BCUT2D eigenvalue weighted by atomic mass is 9.89. The van der Waals surface area contributed by atoms with Gasteiger partial charge in [0, 0.05) is 56.0 Å². The van der Waals surface area contributed by atoms with Crippen LogP contribution >= 0.6 is 11.3 Å². The van der Waals surface area contributed by atoms with Crippen molar-refractivity contribution in [3.05, 3.63) is 10.6 Å². The van der Waals surface area contributed by atoms with Gasteiger partial charge in [0.15, 0.2) is 5.13 Å². The van der Waals surface area contributed by atoms with Crippen LogP contribution in [-0.2, 0) is 22.4 Å². The first-order chi connectivity index (χ1) is 13.9. The summed E-state index contributed by atoms with van der Waals surface area (Å²) in [6, 6.07) is 0. The molecule has 1 unspecified atom stereocenters. The number of aromatic nitrogens is 1. The van der Waals surface area contributed by atoms with Crippen LogP contribution in [0, 0.1) is 17.8 Å². The summed E-state index contributed by atoms with van der Waals surface area (Å²) >= 11 is 1.77. The topological polar surface area (TPSA) is 56.8 Å². The van der Waals surface area contributed by atoms with Crippen LogP contribution in [0.3, 0.4) is 0 Å². The van der Waals surface area contributed by atoms with E-state index < -0.39 is 0 Å². The molecule has 2 saturated heterocycles. The van der Waals surface area contributed by atoms with Gasteiger partial charge in [-0.05, 0) is 38.0 Å². The number of thiazole rings is 1. The molecule has 160 valence electrons. The molecule has 3 heterocycles. The summed E-state index contributed by atoms with van der Waals surface area (Å²) in [6.07, 6.45) is 4.97. The maximum Gasteiger partial charge on any atom is 0.226 e. The van der Waals surface area contributed by atoms with Gasteiger partial charge in [-0.2, -0.15) is 0 Å². The summed E-state index contributed by atoms with van der Waals surface area (Å²) in [7, 11) is 0. The van der Waals surface area contributed by atoms with Crippen LogP contribution in [0.4, 0.5) is 5.13 Å². The second-order valence-electron chi connectivity index (χ2n) is 9.28. The number of carbonyl (C=O) groups excluding carboxylic acids is 2. The number of hydrogen-bond donors (Lipinski definition) is 0. The van der Waals surface area contributed by atoms with Crippen LogP contribution < -0.4 is 4.90 Å². The van der Waals surface area contributed by atoms with E-state index in [2.05, 4.69) is 16.7 Å². The minimum atomic E-state index is 0.0614. The number of anilines is 1. The fraction of sp³-hybridized carbons (Fsp3) is 0.773.